The number of carbonyl (C=O) groups excluding carboxylic acids is 1. The van der Waals surface area contributed by atoms with Gasteiger partial charge in [0.15, 0.2) is 0 Å². The minimum absolute atomic E-state index is 0.155. The molecule has 1 amide bonds. The molecule has 1 aromatic rings. The van der Waals surface area contributed by atoms with Crippen molar-refractivity contribution in [1.82, 2.24) is 10.0 Å². The first-order valence-corrected chi connectivity index (χ1v) is 10.2. The molecule has 0 aromatic heterocycles. The van der Waals surface area contributed by atoms with Crippen molar-refractivity contribution in [1.29, 1.82) is 0 Å². The highest BCUT2D eigenvalue weighted by Crippen LogP contribution is 2.26. The Morgan fingerprint density at radius 1 is 1.23 bits per heavy atom. The average Bonchev–Trinajstić information content (AvgIpc) is 2.54. The van der Waals surface area contributed by atoms with Crippen molar-refractivity contribution in [3.8, 4) is 0 Å². The minimum atomic E-state index is -3.70. The van der Waals surface area contributed by atoms with E-state index in [0.29, 0.717) is 37.2 Å². The van der Waals surface area contributed by atoms with E-state index >= 15 is 0 Å². The van der Waals surface area contributed by atoms with Crippen LogP contribution in [0.15, 0.2) is 23.1 Å². The number of benzene rings is 1. The Bertz CT molecular complexity index is 763. The molecule has 2 rings (SSSR count). The van der Waals surface area contributed by atoms with E-state index in [0.717, 1.165) is 0 Å². The van der Waals surface area contributed by atoms with Gasteiger partial charge in [-0.2, -0.15) is 0 Å². The second kappa shape index (κ2) is 7.64. The van der Waals surface area contributed by atoms with Crippen LogP contribution in [0.2, 0.25) is 0 Å². The first kappa shape index (κ1) is 20.8. The van der Waals surface area contributed by atoms with E-state index in [4.69, 9.17) is 4.74 Å². The molecule has 1 heterocycles. The zero-order valence-corrected chi connectivity index (χ0v) is 16.9. The molecule has 0 radical (unpaired) electrons. The van der Waals surface area contributed by atoms with Crippen LogP contribution >= 0.6 is 0 Å². The Balaban J connectivity index is 2.28. The zero-order chi connectivity index (χ0) is 19.6. The van der Waals surface area contributed by atoms with Gasteiger partial charge in [0.2, 0.25) is 10.0 Å². The molecule has 0 unspecified atom stereocenters. The molecular formula is C18H29N3O4S. The molecule has 8 heteroatoms. The average molecular weight is 384 g/mol. The van der Waals surface area contributed by atoms with Gasteiger partial charge in [-0.1, -0.05) is 6.07 Å². The van der Waals surface area contributed by atoms with Gasteiger partial charge in [0.25, 0.3) is 5.91 Å². The highest BCUT2D eigenvalue weighted by Gasteiger charge is 2.39. The molecule has 26 heavy (non-hydrogen) atoms. The van der Waals surface area contributed by atoms with Gasteiger partial charge in [-0.3, -0.25) is 4.79 Å². The summed E-state index contributed by atoms with van der Waals surface area (Å²) in [6, 6.07) is 4.88. The highest BCUT2D eigenvalue weighted by atomic mass is 32.2. The molecule has 1 aliphatic rings. The van der Waals surface area contributed by atoms with Gasteiger partial charge in [-0.25, -0.2) is 13.1 Å². The second-order valence-electron chi connectivity index (χ2n) is 7.74. The van der Waals surface area contributed by atoms with Crippen molar-refractivity contribution in [2.45, 2.75) is 56.6 Å². The molecule has 146 valence electrons. The van der Waals surface area contributed by atoms with Crippen LogP contribution in [-0.4, -0.2) is 45.7 Å². The number of sulfonamides is 1. The van der Waals surface area contributed by atoms with E-state index in [2.05, 4.69) is 15.4 Å². The largest absolute Gasteiger partial charge is 0.368 e. The molecule has 0 atom stereocenters. The van der Waals surface area contributed by atoms with Crippen molar-refractivity contribution in [3.05, 3.63) is 23.8 Å². The summed E-state index contributed by atoms with van der Waals surface area (Å²) in [7, 11) is -2.16. The second-order valence-corrected chi connectivity index (χ2v) is 9.39. The molecule has 0 bridgehead atoms. The Morgan fingerprint density at radius 2 is 1.85 bits per heavy atom. The maximum Gasteiger partial charge on any atom is 0.256 e. The lowest BCUT2D eigenvalue weighted by Gasteiger charge is -2.34. The first-order chi connectivity index (χ1) is 12.0. The van der Waals surface area contributed by atoms with Crippen molar-refractivity contribution < 1.29 is 17.9 Å². The number of hydrogen-bond acceptors (Lipinski definition) is 5. The summed E-state index contributed by atoms with van der Waals surface area (Å²) < 4.78 is 33.5. The number of amides is 1. The van der Waals surface area contributed by atoms with Crippen LogP contribution in [-0.2, 0) is 19.6 Å². The molecular weight excluding hydrogens is 354 g/mol. The summed E-state index contributed by atoms with van der Waals surface area (Å²) in [5.74, 6) is -0.252. The third-order valence-corrected chi connectivity index (χ3v) is 6.29. The molecule has 1 aromatic carbocycles. The van der Waals surface area contributed by atoms with E-state index in [-0.39, 0.29) is 10.8 Å². The van der Waals surface area contributed by atoms with E-state index in [1.807, 2.05) is 0 Å². The topological polar surface area (TPSA) is 96.5 Å². The van der Waals surface area contributed by atoms with E-state index in [1.54, 1.807) is 39.8 Å². The standard InChI is InChI=1S/C18H29N3O4S/c1-13-6-7-14(12-15(13)26(23,24)21-17(2,3)4)20-16(22)18(25-5)8-10-19-11-9-18/h6-7,12,19,21H,8-11H2,1-5H3,(H,20,22). The molecule has 0 spiro atoms. The lowest BCUT2D eigenvalue weighted by Crippen LogP contribution is -2.51. The van der Waals surface area contributed by atoms with Crippen molar-refractivity contribution in [2.75, 3.05) is 25.5 Å². The minimum Gasteiger partial charge on any atom is -0.368 e. The molecule has 1 fully saturated rings. The monoisotopic (exact) mass is 383 g/mol. The van der Waals surface area contributed by atoms with Crippen LogP contribution in [0.25, 0.3) is 0 Å². The Morgan fingerprint density at radius 3 is 2.38 bits per heavy atom. The SMILES string of the molecule is COC1(C(=O)Nc2ccc(C)c(S(=O)(=O)NC(C)(C)C)c2)CCNCC1. The fourth-order valence-corrected chi connectivity index (χ4v) is 4.72. The van der Waals surface area contributed by atoms with Crippen LogP contribution in [0.3, 0.4) is 0 Å². The maximum absolute atomic E-state index is 12.8. The summed E-state index contributed by atoms with van der Waals surface area (Å²) >= 11 is 0. The highest BCUT2D eigenvalue weighted by molar-refractivity contribution is 7.89. The number of carbonyl (C=O) groups is 1. The number of anilines is 1. The number of hydrogen-bond donors (Lipinski definition) is 3. The molecule has 1 aliphatic heterocycles. The van der Waals surface area contributed by atoms with Gasteiger partial charge in [-0.05, 0) is 71.3 Å². The summed E-state index contributed by atoms with van der Waals surface area (Å²) in [6.07, 6.45) is 1.13. The summed E-state index contributed by atoms with van der Waals surface area (Å²) in [5, 5.41) is 6.03. The normalized spacial score (nSPS) is 17.7. The summed E-state index contributed by atoms with van der Waals surface area (Å²) in [4.78, 5) is 12.9. The predicted molar refractivity (Wildman–Crippen MR) is 102 cm³/mol. The lowest BCUT2D eigenvalue weighted by molar-refractivity contribution is -0.140. The van der Waals surface area contributed by atoms with Gasteiger partial charge in [-0.15, -0.1) is 0 Å². The molecule has 0 saturated carbocycles. The predicted octanol–water partition coefficient (Wildman–Crippen LogP) is 1.78. The summed E-state index contributed by atoms with van der Waals surface area (Å²) in [5.41, 5.74) is -0.439. The number of rotatable bonds is 5. The van der Waals surface area contributed by atoms with Gasteiger partial charge in [0.05, 0.1) is 4.90 Å². The summed E-state index contributed by atoms with van der Waals surface area (Å²) in [6.45, 7) is 8.47. The number of aryl methyl sites for hydroxylation is 1. The smallest absolute Gasteiger partial charge is 0.256 e. The number of piperidine rings is 1. The van der Waals surface area contributed by atoms with Gasteiger partial charge < -0.3 is 15.4 Å². The molecule has 7 nitrogen and oxygen atoms in total. The maximum atomic E-state index is 12.8. The Hall–Kier alpha value is -1.48. The van der Waals surface area contributed by atoms with E-state index in [9.17, 15) is 13.2 Å². The van der Waals surface area contributed by atoms with Crippen LogP contribution in [0, 0.1) is 6.92 Å². The zero-order valence-electron chi connectivity index (χ0n) is 16.1. The van der Waals surface area contributed by atoms with Crippen LogP contribution in [0.1, 0.15) is 39.2 Å². The van der Waals surface area contributed by atoms with E-state index in [1.165, 1.54) is 13.2 Å². The first-order valence-electron chi connectivity index (χ1n) is 8.71. The Kier molecular flexibility index (Phi) is 6.12. The quantitative estimate of drug-likeness (QED) is 0.720. The van der Waals surface area contributed by atoms with Crippen LogP contribution in [0.5, 0.6) is 0 Å². The fraction of sp³-hybridized carbons (Fsp3) is 0.611. The van der Waals surface area contributed by atoms with Crippen LogP contribution < -0.4 is 15.4 Å². The lowest BCUT2D eigenvalue weighted by atomic mass is 9.91. The van der Waals surface area contributed by atoms with Crippen LogP contribution in [0.4, 0.5) is 5.69 Å². The van der Waals surface area contributed by atoms with Crippen molar-refractivity contribution in [3.63, 3.8) is 0 Å². The van der Waals surface area contributed by atoms with Crippen molar-refractivity contribution >= 4 is 21.6 Å². The number of nitrogens with one attached hydrogen (secondary N) is 3. The number of ether oxygens (including phenoxy) is 1. The van der Waals surface area contributed by atoms with Gasteiger partial charge in [0.1, 0.15) is 5.60 Å². The van der Waals surface area contributed by atoms with Crippen molar-refractivity contribution in [2.24, 2.45) is 0 Å². The third-order valence-electron chi connectivity index (χ3n) is 4.39. The number of methoxy groups -OCH3 is 1. The van der Waals surface area contributed by atoms with Gasteiger partial charge >= 0.3 is 0 Å². The molecule has 1 saturated heterocycles. The molecule has 3 N–H and O–H groups in total. The Labute approximate surface area is 155 Å². The fourth-order valence-electron chi connectivity index (χ4n) is 3.02. The third kappa shape index (κ3) is 4.82. The van der Waals surface area contributed by atoms with E-state index < -0.39 is 21.2 Å². The molecule has 0 aliphatic carbocycles. The van der Waals surface area contributed by atoms with Gasteiger partial charge in [0, 0.05) is 18.3 Å².